The summed E-state index contributed by atoms with van der Waals surface area (Å²) in [5.74, 6) is -1.03. The van der Waals surface area contributed by atoms with E-state index in [0.29, 0.717) is 12.2 Å². The Bertz CT molecular complexity index is 703. The van der Waals surface area contributed by atoms with Crippen LogP contribution in [0, 0.1) is 5.82 Å². The first-order valence-electron chi connectivity index (χ1n) is 7.34. The van der Waals surface area contributed by atoms with Gasteiger partial charge in [-0.1, -0.05) is 6.07 Å². The maximum absolute atomic E-state index is 13.5. The van der Waals surface area contributed by atoms with Crippen molar-refractivity contribution in [2.75, 3.05) is 11.9 Å². The maximum Gasteiger partial charge on any atom is 0.337 e. The number of hydrogen-bond donors (Lipinski definition) is 2. The fourth-order valence-electron chi connectivity index (χ4n) is 3.03. The zero-order chi connectivity index (χ0) is 15.5. The van der Waals surface area contributed by atoms with Gasteiger partial charge in [0, 0.05) is 18.7 Å². The predicted molar refractivity (Wildman–Crippen MR) is 81.8 cm³/mol. The molecule has 1 aliphatic carbocycles. The number of nitrogens with zero attached hydrogens (tertiary/aromatic N) is 1. The minimum atomic E-state index is -0.986. The molecule has 2 aromatic rings. The molecule has 0 bridgehead atoms. The van der Waals surface area contributed by atoms with Gasteiger partial charge in [0.15, 0.2) is 0 Å². The summed E-state index contributed by atoms with van der Waals surface area (Å²) in [4.78, 5) is 15.2. The van der Waals surface area contributed by atoms with Gasteiger partial charge in [-0.15, -0.1) is 0 Å². The van der Waals surface area contributed by atoms with Crippen molar-refractivity contribution in [1.29, 1.82) is 0 Å². The van der Waals surface area contributed by atoms with E-state index >= 15 is 0 Å². The van der Waals surface area contributed by atoms with Crippen LogP contribution in [0.5, 0.6) is 0 Å². The number of anilines is 1. The third-order valence-corrected chi connectivity index (χ3v) is 4.14. The van der Waals surface area contributed by atoms with E-state index in [1.807, 2.05) is 6.07 Å². The van der Waals surface area contributed by atoms with Crippen LogP contribution >= 0.6 is 0 Å². The minimum absolute atomic E-state index is 0.182. The Morgan fingerprint density at radius 1 is 1.41 bits per heavy atom. The average molecular weight is 300 g/mol. The molecule has 0 radical (unpaired) electrons. The van der Waals surface area contributed by atoms with Crippen LogP contribution in [0.15, 0.2) is 36.7 Å². The summed E-state index contributed by atoms with van der Waals surface area (Å²) < 4.78 is 13.5. The molecule has 114 valence electrons. The van der Waals surface area contributed by atoms with Gasteiger partial charge >= 0.3 is 5.97 Å². The zero-order valence-electron chi connectivity index (χ0n) is 12.1. The Kier molecular flexibility index (Phi) is 4.04. The van der Waals surface area contributed by atoms with Crippen LogP contribution in [0.1, 0.15) is 40.2 Å². The van der Waals surface area contributed by atoms with Crippen molar-refractivity contribution in [3.8, 4) is 0 Å². The predicted octanol–water partition coefficient (Wildman–Crippen LogP) is 3.45. The molecule has 0 fully saturated rings. The second-order valence-corrected chi connectivity index (χ2v) is 5.54. The van der Waals surface area contributed by atoms with E-state index in [1.54, 1.807) is 6.07 Å². The Labute approximate surface area is 128 Å². The first-order valence-corrected chi connectivity index (χ1v) is 7.34. The van der Waals surface area contributed by atoms with Gasteiger partial charge in [0.1, 0.15) is 5.82 Å². The Morgan fingerprint density at radius 2 is 2.27 bits per heavy atom. The fourth-order valence-corrected chi connectivity index (χ4v) is 3.03. The van der Waals surface area contributed by atoms with E-state index in [-0.39, 0.29) is 17.3 Å². The van der Waals surface area contributed by atoms with Gasteiger partial charge in [-0.3, -0.25) is 4.98 Å². The number of aryl methyl sites for hydroxylation is 1. The first kappa shape index (κ1) is 14.5. The van der Waals surface area contributed by atoms with Crippen molar-refractivity contribution >= 4 is 11.7 Å². The molecule has 1 unspecified atom stereocenters. The van der Waals surface area contributed by atoms with Crippen LogP contribution in [-0.4, -0.2) is 22.6 Å². The molecule has 1 atom stereocenters. The van der Waals surface area contributed by atoms with E-state index in [4.69, 9.17) is 0 Å². The molecule has 0 spiro atoms. The molecule has 1 aliphatic rings. The fraction of sp³-hybridized carbons (Fsp3) is 0.294. The number of carbonyl (C=O) groups is 1. The average Bonchev–Trinajstić information content (AvgIpc) is 2.53. The smallest absolute Gasteiger partial charge is 0.337 e. The Hall–Kier alpha value is -2.43. The summed E-state index contributed by atoms with van der Waals surface area (Å²) >= 11 is 0. The van der Waals surface area contributed by atoms with Gasteiger partial charge in [0.25, 0.3) is 0 Å². The number of benzene rings is 1. The van der Waals surface area contributed by atoms with Gasteiger partial charge in [-0.25, -0.2) is 9.18 Å². The topological polar surface area (TPSA) is 62.2 Å². The number of aromatic nitrogens is 1. The third-order valence-electron chi connectivity index (χ3n) is 4.14. The molecule has 5 heteroatoms. The summed E-state index contributed by atoms with van der Waals surface area (Å²) in [5.41, 5.74) is 2.91. The van der Waals surface area contributed by atoms with Crippen molar-refractivity contribution in [3.05, 3.63) is 59.2 Å². The van der Waals surface area contributed by atoms with Crippen LogP contribution < -0.4 is 5.32 Å². The number of pyridine rings is 1. The highest BCUT2D eigenvalue weighted by molar-refractivity contribution is 5.93. The highest BCUT2D eigenvalue weighted by Crippen LogP contribution is 2.32. The highest BCUT2D eigenvalue weighted by Gasteiger charge is 2.21. The van der Waals surface area contributed by atoms with Crippen LogP contribution in [0.3, 0.4) is 0 Å². The van der Waals surface area contributed by atoms with Crippen LogP contribution in [0.4, 0.5) is 10.1 Å². The standard InChI is InChI=1S/C17H17FN2O2/c18-13-5-4-11-2-1-3-12(15(11)8-13)9-20-16-10-19-7-6-14(16)17(21)22/h4-8,10,12,20H,1-3,9H2,(H,21,22). The van der Waals surface area contributed by atoms with Gasteiger partial charge in [0.05, 0.1) is 17.4 Å². The van der Waals surface area contributed by atoms with Crippen LogP contribution in [0.2, 0.25) is 0 Å². The second kappa shape index (κ2) is 6.13. The normalized spacial score (nSPS) is 16.9. The van der Waals surface area contributed by atoms with E-state index in [1.165, 1.54) is 30.1 Å². The van der Waals surface area contributed by atoms with Gasteiger partial charge in [-0.2, -0.15) is 0 Å². The van der Waals surface area contributed by atoms with Gasteiger partial charge in [-0.05, 0) is 48.6 Å². The van der Waals surface area contributed by atoms with E-state index in [9.17, 15) is 14.3 Å². The lowest BCUT2D eigenvalue weighted by Crippen LogP contribution is -2.19. The lowest BCUT2D eigenvalue weighted by Gasteiger charge is -2.26. The van der Waals surface area contributed by atoms with Crippen molar-refractivity contribution in [3.63, 3.8) is 0 Å². The van der Waals surface area contributed by atoms with Crippen molar-refractivity contribution in [2.24, 2.45) is 0 Å². The number of carboxylic acids is 1. The SMILES string of the molecule is O=C(O)c1ccncc1NCC1CCCc2ccc(F)cc21. The number of rotatable bonds is 4. The molecule has 0 aliphatic heterocycles. The van der Waals surface area contributed by atoms with Crippen molar-refractivity contribution in [2.45, 2.75) is 25.2 Å². The molecular weight excluding hydrogens is 283 g/mol. The van der Waals surface area contributed by atoms with Crippen molar-refractivity contribution < 1.29 is 14.3 Å². The molecule has 0 saturated heterocycles. The Morgan fingerprint density at radius 3 is 3.09 bits per heavy atom. The molecule has 4 nitrogen and oxygen atoms in total. The molecular formula is C17H17FN2O2. The van der Waals surface area contributed by atoms with Gasteiger partial charge < -0.3 is 10.4 Å². The second-order valence-electron chi connectivity index (χ2n) is 5.54. The van der Waals surface area contributed by atoms with Crippen LogP contribution in [-0.2, 0) is 6.42 Å². The molecule has 3 rings (SSSR count). The quantitative estimate of drug-likeness (QED) is 0.908. The molecule has 2 N–H and O–H groups in total. The molecule has 0 amide bonds. The summed E-state index contributed by atoms with van der Waals surface area (Å²) in [6.45, 7) is 0.572. The molecule has 1 heterocycles. The van der Waals surface area contributed by atoms with E-state index < -0.39 is 5.97 Å². The summed E-state index contributed by atoms with van der Waals surface area (Å²) in [7, 11) is 0. The minimum Gasteiger partial charge on any atom is -0.478 e. The molecule has 1 aromatic heterocycles. The first-order chi connectivity index (χ1) is 10.6. The molecule has 0 saturated carbocycles. The van der Waals surface area contributed by atoms with Gasteiger partial charge in [0.2, 0.25) is 0 Å². The number of fused-ring (bicyclic) bond motifs is 1. The lowest BCUT2D eigenvalue weighted by atomic mass is 9.82. The molecule has 22 heavy (non-hydrogen) atoms. The van der Waals surface area contributed by atoms with E-state index in [0.717, 1.165) is 24.8 Å². The Balaban J connectivity index is 1.79. The number of halogens is 1. The number of hydrogen-bond acceptors (Lipinski definition) is 3. The summed E-state index contributed by atoms with van der Waals surface area (Å²) in [6, 6.07) is 6.42. The molecule has 1 aromatic carbocycles. The number of carboxylic acid groups (broad SMARTS) is 1. The number of nitrogens with one attached hydrogen (secondary N) is 1. The van der Waals surface area contributed by atoms with Crippen molar-refractivity contribution in [1.82, 2.24) is 4.98 Å². The highest BCUT2D eigenvalue weighted by atomic mass is 19.1. The number of aromatic carboxylic acids is 1. The largest absolute Gasteiger partial charge is 0.478 e. The summed E-state index contributed by atoms with van der Waals surface area (Å²) in [5, 5.41) is 12.3. The van der Waals surface area contributed by atoms with Crippen LogP contribution in [0.25, 0.3) is 0 Å². The maximum atomic E-state index is 13.5. The zero-order valence-corrected chi connectivity index (χ0v) is 12.1. The van der Waals surface area contributed by atoms with E-state index in [2.05, 4.69) is 10.3 Å². The third kappa shape index (κ3) is 2.93. The monoisotopic (exact) mass is 300 g/mol. The summed E-state index contributed by atoms with van der Waals surface area (Å²) in [6.07, 6.45) is 5.97. The lowest BCUT2D eigenvalue weighted by molar-refractivity contribution is 0.0698.